The molecule has 1 aromatic carbocycles. The minimum atomic E-state index is -1.15. The SMILES string of the molecule is Cc1[nH]c(C(=O)Nc2ccc(C(=O)N[C@H](C)C(=O)O)cc2OC(C)C)c(Cl)c1Cl. The molecule has 8 nitrogen and oxygen atoms in total. The van der Waals surface area contributed by atoms with Crippen LogP contribution in [0.25, 0.3) is 0 Å². The van der Waals surface area contributed by atoms with Gasteiger partial charge in [-0.25, -0.2) is 0 Å². The summed E-state index contributed by atoms with van der Waals surface area (Å²) < 4.78 is 5.70. The zero-order chi connectivity index (χ0) is 21.9. The largest absolute Gasteiger partial charge is 0.489 e. The van der Waals surface area contributed by atoms with Gasteiger partial charge in [0.05, 0.1) is 21.8 Å². The van der Waals surface area contributed by atoms with E-state index in [-0.39, 0.29) is 33.2 Å². The molecule has 0 spiro atoms. The minimum absolute atomic E-state index is 0.0989. The van der Waals surface area contributed by atoms with Gasteiger partial charge in [-0.2, -0.15) is 0 Å². The summed E-state index contributed by atoms with van der Waals surface area (Å²) in [4.78, 5) is 38.6. The van der Waals surface area contributed by atoms with E-state index < -0.39 is 23.8 Å². The molecule has 0 aliphatic carbocycles. The van der Waals surface area contributed by atoms with Crippen LogP contribution < -0.4 is 15.4 Å². The number of amides is 2. The third-order valence-corrected chi connectivity index (χ3v) is 4.80. The fourth-order valence-corrected chi connectivity index (χ4v) is 2.79. The molecule has 0 saturated heterocycles. The summed E-state index contributed by atoms with van der Waals surface area (Å²) in [6.45, 7) is 6.61. The number of aromatic amines is 1. The van der Waals surface area contributed by atoms with E-state index in [1.54, 1.807) is 20.8 Å². The molecule has 2 amide bonds. The van der Waals surface area contributed by atoms with Gasteiger partial charge in [0.2, 0.25) is 0 Å². The molecule has 0 unspecified atom stereocenters. The monoisotopic (exact) mass is 441 g/mol. The second-order valence-electron chi connectivity index (χ2n) is 6.62. The van der Waals surface area contributed by atoms with Crippen molar-refractivity contribution in [3.63, 3.8) is 0 Å². The van der Waals surface area contributed by atoms with Gasteiger partial charge in [0.1, 0.15) is 17.5 Å². The average Bonchev–Trinajstić information content (AvgIpc) is 2.89. The van der Waals surface area contributed by atoms with Crippen LogP contribution >= 0.6 is 23.2 Å². The molecule has 0 saturated carbocycles. The van der Waals surface area contributed by atoms with E-state index in [0.717, 1.165) is 0 Å². The molecule has 29 heavy (non-hydrogen) atoms. The number of hydrogen-bond donors (Lipinski definition) is 4. The molecule has 0 bridgehead atoms. The lowest BCUT2D eigenvalue weighted by molar-refractivity contribution is -0.138. The molecule has 1 aromatic heterocycles. The van der Waals surface area contributed by atoms with Crippen molar-refractivity contribution in [3.8, 4) is 5.75 Å². The van der Waals surface area contributed by atoms with E-state index in [1.807, 2.05) is 0 Å². The fraction of sp³-hybridized carbons (Fsp3) is 0.316. The summed E-state index contributed by atoms with van der Waals surface area (Å²) in [5, 5.41) is 14.3. The van der Waals surface area contributed by atoms with Crippen LogP contribution in [0.5, 0.6) is 5.75 Å². The summed E-state index contributed by atoms with van der Waals surface area (Å²) >= 11 is 12.1. The van der Waals surface area contributed by atoms with Crippen molar-refractivity contribution in [3.05, 3.63) is 45.2 Å². The Kier molecular flexibility index (Phi) is 7.16. The highest BCUT2D eigenvalue weighted by Gasteiger charge is 2.21. The van der Waals surface area contributed by atoms with Gasteiger partial charge in [0, 0.05) is 11.3 Å². The van der Waals surface area contributed by atoms with Gasteiger partial charge in [-0.1, -0.05) is 23.2 Å². The van der Waals surface area contributed by atoms with Crippen LogP contribution in [-0.4, -0.2) is 40.0 Å². The van der Waals surface area contributed by atoms with Gasteiger partial charge in [-0.3, -0.25) is 14.4 Å². The van der Waals surface area contributed by atoms with Gasteiger partial charge in [-0.15, -0.1) is 0 Å². The number of anilines is 1. The molecule has 0 radical (unpaired) electrons. The number of halogens is 2. The van der Waals surface area contributed by atoms with Gasteiger partial charge in [0.25, 0.3) is 11.8 Å². The van der Waals surface area contributed by atoms with Crippen molar-refractivity contribution in [1.82, 2.24) is 10.3 Å². The van der Waals surface area contributed by atoms with Crippen LogP contribution in [0.1, 0.15) is 47.3 Å². The number of carboxylic acids is 1. The van der Waals surface area contributed by atoms with E-state index in [9.17, 15) is 14.4 Å². The summed E-state index contributed by atoms with van der Waals surface area (Å²) in [7, 11) is 0. The molecular weight excluding hydrogens is 421 g/mol. The van der Waals surface area contributed by atoms with E-state index in [0.29, 0.717) is 11.4 Å². The van der Waals surface area contributed by atoms with Crippen molar-refractivity contribution in [2.75, 3.05) is 5.32 Å². The number of hydrogen-bond acceptors (Lipinski definition) is 4. The van der Waals surface area contributed by atoms with Gasteiger partial charge in [0.15, 0.2) is 0 Å². The first-order valence-corrected chi connectivity index (χ1v) is 9.46. The Labute approximate surface area is 177 Å². The Morgan fingerprint density at radius 1 is 1.10 bits per heavy atom. The van der Waals surface area contributed by atoms with Crippen molar-refractivity contribution < 1.29 is 24.2 Å². The lowest BCUT2D eigenvalue weighted by atomic mass is 10.1. The van der Waals surface area contributed by atoms with Gasteiger partial charge < -0.3 is 25.5 Å². The predicted octanol–water partition coefficient (Wildman–Crippen LogP) is 3.87. The number of rotatable bonds is 7. The van der Waals surface area contributed by atoms with E-state index >= 15 is 0 Å². The summed E-state index contributed by atoms with van der Waals surface area (Å²) in [6.07, 6.45) is -0.243. The lowest BCUT2D eigenvalue weighted by Gasteiger charge is -2.17. The summed E-state index contributed by atoms with van der Waals surface area (Å²) in [5.74, 6) is -2.02. The Bertz CT molecular complexity index is 956. The maximum atomic E-state index is 12.6. The Morgan fingerprint density at radius 3 is 2.28 bits per heavy atom. The Hall–Kier alpha value is -2.71. The fourth-order valence-electron chi connectivity index (χ4n) is 2.37. The first-order chi connectivity index (χ1) is 13.5. The van der Waals surface area contributed by atoms with Crippen LogP contribution in [0.15, 0.2) is 18.2 Å². The molecule has 0 aliphatic heterocycles. The molecule has 1 heterocycles. The minimum Gasteiger partial charge on any atom is -0.489 e. The van der Waals surface area contributed by atoms with Crippen LogP contribution in [0.3, 0.4) is 0 Å². The zero-order valence-corrected chi connectivity index (χ0v) is 17.7. The molecule has 0 fully saturated rings. The molecule has 10 heteroatoms. The number of H-pyrrole nitrogens is 1. The number of aryl methyl sites for hydroxylation is 1. The first-order valence-electron chi connectivity index (χ1n) is 8.70. The second kappa shape index (κ2) is 9.19. The Morgan fingerprint density at radius 2 is 1.76 bits per heavy atom. The highest BCUT2D eigenvalue weighted by atomic mass is 35.5. The number of carbonyl (C=O) groups is 3. The van der Waals surface area contributed by atoms with Crippen LogP contribution in [0.2, 0.25) is 10.0 Å². The van der Waals surface area contributed by atoms with Crippen molar-refractivity contribution in [1.29, 1.82) is 0 Å². The molecule has 4 N–H and O–H groups in total. The predicted molar refractivity (Wildman–Crippen MR) is 110 cm³/mol. The summed E-state index contributed by atoms with van der Waals surface area (Å²) in [6, 6.07) is 3.30. The summed E-state index contributed by atoms with van der Waals surface area (Å²) in [5.41, 5.74) is 1.15. The number of carboxylic acid groups (broad SMARTS) is 1. The van der Waals surface area contributed by atoms with Crippen molar-refractivity contribution >= 4 is 46.7 Å². The number of benzene rings is 1. The standard InChI is InChI=1S/C19H21Cl2N3O5/c1-8(2)29-13-7-11(17(25)23-10(4)19(27)28)5-6-12(13)24-18(26)16-15(21)14(20)9(3)22-16/h5-8,10,22H,1-4H3,(H,23,25)(H,24,26)(H,27,28)/t10-/m1/s1. The first kappa shape index (κ1) is 22.6. The zero-order valence-electron chi connectivity index (χ0n) is 16.2. The maximum absolute atomic E-state index is 12.6. The molecule has 156 valence electrons. The van der Waals surface area contributed by atoms with Crippen molar-refractivity contribution in [2.24, 2.45) is 0 Å². The number of ether oxygens (including phenoxy) is 1. The average molecular weight is 442 g/mol. The second-order valence-corrected chi connectivity index (χ2v) is 7.37. The quantitative estimate of drug-likeness (QED) is 0.519. The lowest BCUT2D eigenvalue weighted by Crippen LogP contribution is -2.38. The molecule has 0 aliphatic rings. The number of aliphatic carboxylic acids is 1. The van der Waals surface area contributed by atoms with Crippen LogP contribution in [0.4, 0.5) is 5.69 Å². The topological polar surface area (TPSA) is 121 Å². The third kappa shape index (κ3) is 5.42. The number of nitrogens with one attached hydrogen (secondary N) is 3. The van der Waals surface area contributed by atoms with E-state index in [2.05, 4.69) is 15.6 Å². The van der Waals surface area contributed by atoms with E-state index in [1.165, 1.54) is 25.1 Å². The highest BCUT2D eigenvalue weighted by molar-refractivity contribution is 6.44. The van der Waals surface area contributed by atoms with Crippen LogP contribution in [0, 0.1) is 6.92 Å². The van der Waals surface area contributed by atoms with E-state index in [4.69, 9.17) is 33.0 Å². The Balaban J connectivity index is 2.31. The molecule has 2 aromatic rings. The molecule has 2 rings (SSSR count). The smallest absolute Gasteiger partial charge is 0.325 e. The molecule has 1 atom stereocenters. The number of aromatic nitrogens is 1. The maximum Gasteiger partial charge on any atom is 0.325 e. The third-order valence-electron chi connectivity index (χ3n) is 3.85. The van der Waals surface area contributed by atoms with Crippen LogP contribution in [-0.2, 0) is 4.79 Å². The van der Waals surface area contributed by atoms with Gasteiger partial charge in [-0.05, 0) is 45.9 Å². The van der Waals surface area contributed by atoms with Crippen molar-refractivity contribution in [2.45, 2.75) is 39.8 Å². The number of carbonyl (C=O) groups excluding carboxylic acids is 2. The highest BCUT2D eigenvalue weighted by Crippen LogP contribution is 2.31. The normalized spacial score (nSPS) is 11.8. The van der Waals surface area contributed by atoms with Gasteiger partial charge >= 0.3 is 5.97 Å². The molecular formula is C19H21Cl2N3O5.